The molecule has 3 heteroatoms. The van der Waals surface area contributed by atoms with Gasteiger partial charge in [0.1, 0.15) is 12.4 Å². The molecule has 116 valence electrons. The molecule has 0 amide bonds. The fraction of sp³-hybridized carbons (Fsp3) is 0.316. The summed E-state index contributed by atoms with van der Waals surface area (Å²) in [6, 6.07) is 14.3. The minimum absolute atomic E-state index is 0.539. The van der Waals surface area contributed by atoms with E-state index in [1.807, 2.05) is 30.5 Å². The fourth-order valence-electron chi connectivity index (χ4n) is 2.33. The highest BCUT2D eigenvalue weighted by Crippen LogP contribution is 2.20. The van der Waals surface area contributed by atoms with Crippen LogP contribution in [0, 0.1) is 0 Å². The Morgan fingerprint density at radius 2 is 2.00 bits per heavy atom. The third-order valence-electron chi connectivity index (χ3n) is 3.58. The topological polar surface area (TPSA) is 25.4 Å². The zero-order valence-electron chi connectivity index (χ0n) is 13.2. The van der Waals surface area contributed by atoms with Crippen LogP contribution in [0.25, 0.3) is 0 Å². The zero-order valence-corrected chi connectivity index (χ0v) is 13.2. The lowest BCUT2D eigenvalue weighted by molar-refractivity contribution is 0.274. The van der Waals surface area contributed by atoms with E-state index in [2.05, 4.69) is 41.6 Å². The Bertz CT molecular complexity index is 569. The van der Waals surface area contributed by atoms with Gasteiger partial charge in [0.25, 0.3) is 0 Å². The van der Waals surface area contributed by atoms with Crippen molar-refractivity contribution in [1.29, 1.82) is 0 Å². The van der Waals surface area contributed by atoms with Gasteiger partial charge in [0.05, 0.1) is 0 Å². The normalized spacial score (nSPS) is 10.6. The molecule has 0 atom stereocenters. The molecule has 0 N–H and O–H groups in total. The molecule has 2 aromatic rings. The summed E-state index contributed by atoms with van der Waals surface area (Å²) in [7, 11) is 0. The van der Waals surface area contributed by atoms with Crippen LogP contribution in [0.4, 0.5) is 0 Å². The highest BCUT2D eigenvalue weighted by Gasteiger charge is 2.08. The molecule has 1 aromatic heterocycles. The molecule has 0 aliphatic rings. The monoisotopic (exact) mass is 296 g/mol. The minimum Gasteiger partial charge on any atom is -0.489 e. The molecule has 0 radical (unpaired) electrons. The summed E-state index contributed by atoms with van der Waals surface area (Å²) < 4.78 is 5.74. The smallest absolute Gasteiger partial charge is 0.124 e. The van der Waals surface area contributed by atoms with E-state index in [9.17, 15) is 0 Å². The summed E-state index contributed by atoms with van der Waals surface area (Å²) in [6.07, 6.45) is 4.59. The van der Waals surface area contributed by atoms with Crippen molar-refractivity contribution < 1.29 is 4.74 Å². The Labute approximate surface area is 133 Å². The standard InChI is InChI=1S/C19H24N2O/c1-3-15-22-19-11-6-5-9-17(19)16-21(4-2)14-12-18-10-7-8-13-20-18/h3,5-11,13H,1,4,12,14-16H2,2H3. The van der Waals surface area contributed by atoms with Crippen LogP contribution in [0.3, 0.4) is 0 Å². The molecular weight excluding hydrogens is 272 g/mol. The highest BCUT2D eigenvalue weighted by molar-refractivity contribution is 5.33. The van der Waals surface area contributed by atoms with Gasteiger partial charge in [-0.15, -0.1) is 0 Å². The number of para-hydroxylation sites is 1. The largest absolute Gasteiger partial charge is 0.489 e. The number of likely N-dealkylation sites (N-methyl/N-ethyl adjacent to an activating group) is 1. The minimum atomic E-state index is 0.539. The maximum atomic E-state index is 5.74. The van der Waals surface area contributed by atoms with E-state index < -0.39 is 0 Å². The van der Waals surface area contributed by atoms with Crippen molar-refractivity contribution in [3.8, 4) is 5.75 Å². The van der Waals surface area contributed by atoms with Crippen LogP contribution in [0.1, 0.15) is 18.2 Å². The first-order chi connectivity index (χ1) is 10.8. The predicted octanol–water partition coefficient (Wildman–Crippen LogP) is 3.71. The summed E-state index contributed by atoms with van der Waals surface area (Å²) in [5.41, 5.74) is 2.35. The van der Waals surface area contributed by atoms with E-state index in [1.54, 1.807) is 6.08 Å². The first-order valence-electron chi connectivity index (χ1n) is 7.77. The number of rotatable bonds is 9. The Hall–Kier alpha value is -2.13. The average molecular weight is 296 g/mol. The zero-order chi connectivity index (χ0) is 15.6. The number of pyridine rings is 1. The molecular formula is C19H24N2O. The number of aromatic nitrogens is 1. The van der Waals surface area contributed by atoms with Gasteiger partial charge < -0.3 is 4.74 Å². The number of hydrogen-bond acceptors (Lipinski definition) is 3. The van der Waals surface area contributed by atoms with Crippen molar-refractivity contribution in [1.82, 2.24) is 9.88 Å². The van der Waals surface area contributed by atoms with Crippen LogP contribution in [-0.4, -0.2) is 29.6 Å². The second-order valence-electron chi connectivity index (χ2n) is 5.15. The first kappa shape index (κ1) is 16.2. The van der Waals surface area contributed by atoms with E-state index >= 15 is 0 Å². The number of nitrogens with zero attached hydrogens (tertiary/aromatic N) is 2. The lowest BCUT2D eigenvalue weighted by atomic mass is 10.1. The molecule has 0 aliphatic carbocycles. The van der Waals surface area contributed by atoms with Crippen molar-refractivity contribution in [2.75, 3.05) is 19.7 Å². The first-order valence-corrected chi connectivity index (χ1v) is 7.77. The van der Waals surface area contributed by atoms with Gasteiger partial charge in [-0.05, 0) is 24.7 Å². The lowest BCUT2D eigenvalue weighted by Crippen LogP contribution is -2.25. The molecule has 0 fully saturated rings. The molecule has 0 aliphatic heterocycles. The van der Waals surface area contributed by atoms with Gasteiger partial charge in [-0.2, -0.15) is 0 Å². The van der Waals surface area contributed by atoms with Crippen molar-refractivity contribution in [2.45, 2.75) is 19.9 Å². The van der Waals surface area contributed by atoms with Crippen molar-refractivity contribution in [3.63, 3.8) is 0 Å². The van der Waals surface area contributed by atoms with Crippen LogP contribution < -0.4 is 4.74 Å². The quantitative estimate of drug-likeness (QED) is 0.660. The molecule has 0 saturated heterocycles. The van der Waals surface area contributed by atoms with Crippen molar-refractivity contribution in [3.05, 3.63) is 72.6 Å². The van der Waals surface area contributed by atoms with Crippen LogP contribution in [0.5, 0.6) is 5.75 Å². The third kappa shape index (κ3) is 5.01. The summed E-state index contributed by atoms with van der Waals surface area (Å²) in [5.74, 6) is 0.943. The van der Waals surface area contributed by atoms with Gasteiger partial charge in [0, 0.05) is 37.0 Å². The Morgan fingerprint density at radius 1 is 1.18 bits per heavy atom. The van der Waals surface area contributed by atoms with Crippen LogP contribution in [-0.2, 0) is 13.0 Å². The molecule has 0 saturated carbocycles. The maximum absolute atomic E-state index is 5.74. The molecule has 0 unspecified atom stereocenters. The molecule has 3 nitrogen and oxygen atoms in total. The van der Waals surface area contributed by atoms with Crippen LogP contribution >= 0.6 is 0 Å². The number of benzene rings is 1. The SMILES string of the molecule is C=CCOc1ccccc1CN(CC)CCc1ccccn1. The molecule has 0 bridgehead atoms. The summed E-state index contributed by atoms with van der Waals surface area (Å²) >= 11 is 0. The van der Waals surface area contributed by atoms with E-state index in [0.717, 1.165) is 37.5 Å². The molecule has 1 aromatic carbocycles. The van der Waals surface area contributed by atoms with Gasteiger partial charge in [-0.3, -0.25) is 9.88 Å². The highest BCUT2D eigenvalue weighted by atomic mass is 16.5. The van der Waals surface area contributed by atoms with E-state index in [0.29, 0.717) is 6.61 Å². The van der Waals surface area contributed by atoms with Crippen molar-refractivity contribution >= 4 is 0 Å². The van der Waals surface area contributed by atoms with Crippen LogP contribution in [0.2, 0.25) is 0 Å². The maximum Gasteiger partial charge on any atom is 0.124 e. The third-order valence-corrected chi connectivity index (χ3v) is 3.58. The Morgan fingerprint density at radius 3 is 2.73 bits per heavy atom. The van der Waals surface area contributed by atoms with Crippen molar-refractivity contribution in [2.24, 2.45) is 0 Å². The Kier molecular flexibility index (Phi) is 6.65. The van der Waals surface area contributed by atoms with E-state index in [4.69, 9.17) is 4.74 Å². The van der Waals surface area contributed by atoms with E-state index in [1.165, 1.54) is 5.56 Å². The number of ether oxygens (including phenoxy) is 1. The average Bonchev–Trinajstić information content (AvgIpc) is 2.58. The molecule has 22 heavy (non-hydrogen) atoms. The molecule has 0 spiro atoms. The predicted molar refractivity (Wildman–Crippen MR) is 91.0 cm³/mol. The van der Waals surface area contributed by atoms with Gasteiger partial charge in [0.2, 0.25) is 0 Å². The van der Waals surface area contributed by atoms with Gasteiger partial charge >= 0.3 is 0 Å². The second kappa shape index (κ2) is 9.00. The van der Waals surface area contributed by atoms with E-state index in [-0.39, 0.29) is 0 Å². The second-order valence-corrected chi connectivity index (χ2v) is 5.15. The van der Waals surface area contributed by atoms with Crippen LogP contribution in [0.15, 0.2) is 61.3 Å². The van der Waals surface area contributed by atoms with Gasteiger partial charge in [-0.25, -0.2) is 0 Å². The fourth-order valence-corrected chi connectivity index (χ4v) is 2.33. The molecule has 2 rings (SSSR count). The van der Waals surface area contributed by atoms with Gasteiger partial charge in [0.15, 0.2) is 0 Å². The summed E-state index contributed by atoms with van der Waals surface area (Å²) in [4.78, 5) is 6.80. The van der Waals surface area contributed by atoms with Gasteiger partial charge in [-0.1, -0.05) is 43.8 Å². The molecule has 1 heterocycles. The summed E-state index contributed by atoms with van der Waals surface area (Å²) in [5, 5.41) is 0. The lowest BCUT2D eigenvalue weighted by Gasteiger charge is -2.21. The Balaban J connectivity index is 1.96. The summed E-state index contributed by atoms with van der Waals surface area (Å²) in [6.45, 7) is 9.31. The number of hydrogen-bond donors (Lipinski definition) is 0.